The van der Waals surface area contributed by atoms with Gasteiger partial charge in [0.2, 0.25) is 0 Å². The topological polar surface area (TPSA) is 47.7 Å². The Morgan fingerprint density at radius 1 is 1.10 bits per heavy atom. The summed E-state index contributed by atoms with van der Waals surface area (Å²) in [5.41, 5.74) is 7.46. The lowest BCUT2D eigenvalue weighted by Gasteiger charge is -2.28. The van der Waals surface area contributed by atoms with Crippen molar-refractivity contribution < 1.29 is 9.47 Å². The van der Waals surface area contributed by atoms with E-state index in [9.17, 15) is 0 Å². The van der Waals surface area contributed by atoms with Crippen LogP contribution in [0.3, 0.4) is 0 Å². The Hall–Kier alpha value is -0.940. The molecule has 0 saturated heterocycles. The first-order valence-electron chi connectivity index (χ1n) is 7.71. The highest BCUT2D eigenvalue weighted by molar-refractivity contribution is 5.18. The highest BCUT2D eigenvalue weighted by Crippen LogP contribution is 2.15. The highest BCUT2D eigenvalue weighted by atomic mass is 16.5. The normalized spacial score (nSPS) is 14.3. The van der Waals surface area contributed by atoms with Crippen LogP contribution in [0.15, 0.2) is 30.3 Å². The van der Waals surface area contributed by atoms with Crippen LogP contribution in [0.25, 0.3) is 0 Å². The van der Waals surface area contributed by atoms with Crippen molar-refractivity contribution in [3.8, 4) is 0 Å². The van der Waals surface area contributed by atoms with Crippen LogP contribution in [0, 0.1) is 0 Å². The van der Waals surface area contributed by atoms with Crippen LogP contribution >= 0.6 is 0 Å². The Morgan fingerprint density at radius 3 is 2.43 bits per heavy atom. The van der Waals surface area contributed by atoms with Gasteiger partial charge in [0.15, 0.2) is 0 Å². The number of methoxy groups -OCH3 is 2. The molecule has 2 unspecified atom stereocenters. The van der Waals surface area contributed by atoms with Crippen LogP contribution < -0.4 is 5.73 Å². The van der Waals surface area contributed by atoms with E-state index in [-0.39, 0.29) is 6.04 Å². The molecule has 0 saturated carbocycles. The lowest BCUT2D eigenvalue weighted by molar-refractivity contribution is 0.0737. The molecule has 21 heavy (non-hydrogen) atoms. The summed E-state index contributed by atoms with van der Waals surface area (Å²) in [4.78, 5) is 2.41. The van der Waals surface area contributed by atoms with Gasteiger partial charge in [-0.15, -0.1) is 0 Å². The van der Waals surface area contributed by atoms with E-state index in [1.54, 1.807) is 14.2 Å². The smallest absolute Gasteiger partial charge is 0.0615 e. The standard InChI is InChI=1S/C17H30N2O2/c1-15(14-21-3)19(12-13-20-2)11-7-10-17(18)16-8-5-4-6-9-16/h4-6,8-9,15,17H,7,10-14,18H2,1-3H3. The molecule has 0 aliphatic heterocycles. The van der Waals surface area contributed by atoms with Crippen molar-refractivity contribution in [3.63, 3.8) is 0 Å². The molecule has 1 aromatic carbocycles. The summed E-state index contributed by atoms with van der Waals surface area (Å²) in [5.74, 6) is 0. The summed E-state index contributed by atoms with van der Waals surface area (Å²) in [6.07, 6.45) is 2.07. The summed E-state index contributed by atoms with van der Waals surface area (Å²) < 4.78 is 10.4. The van der Waals surface area contributed by atoms with E-state index in [1.807, 2.05) is 18.2 Å². The van der Waals surface area contributed by atoms with E-state index < -0.39 is 0 Å². The number of ether oxygens (including phenoxy) is 2. The number of nitrogens with zero attached hydrogens (tertiary/aromatic N) is 1. The van der Waals surface area contributed by atoms with Crippen LogP contribution in [-0.4, -0.2) is 51.5 Å². The van der Waals surface area contributed by atoms with Crippen molar-refractivity contribution in [1.82, 2.24) is 4.90 Å². The third kappa shape index (κ3) is 7.05. The minimum absolute atomic E-state index is 0.119. The highest BCUT2D eigenvalue weighted by Gasteiger charge is 2.14. The molecule has 0 aromatic heterocycles. The second kappa shape index (κ2) is 10.7. The molecule has 1 rings (SSSR count). The van der Waals surface area contributed by atoms with E-state index in [0.29, 0.717) is 6.04 Å². The maximum absolute atomic E-state index is 6.25. The first-order chi connectivity index (χ1) is 10.2. The van der Waals surface area contributed by atoms with E-state index >= 15 is 0 Å². The molecule has 0 aliphatic carbocycles. The van der Waals surface area contributed by atoms with E-state index in [2.05, 4.69) is 24.0 Å². The zero-order valence-corrected chi connectivity index (χ0v) is 13.6. The van der Waals surface area contributed by atoms with Crippen molar-refractivity contribution in [1.29, 1.82) is 0 Å². The summed E-state index contributed by atoms with van der Waals surface area (Å²) in [7, 11) is 3.49. The molecule has 4 heteroatoms. The quantitative estimate of drug-likeness (QED) is 0.681. The summed E-state index contributed by atoms with van der Waals surface area (Å²) in [5, 5.41) is 0. The summed E-state index contributed by atoms with van der Waals surface area (Å²) >= 11 is 0. The molecule has 0 spiro atoms. The predicted octanol–water partition coefficient (Wildman–Crippen LogP) is 2.45. The maximum Gasteiger partial charge on any atom is 0.0615 e. The first kappa shape index (κ1) is 18.1. The van der Waals surface area contributed by atoms with Crippen molar-refractivity contribution in [2.75, 3.05) is 40.5 Å². The lowest BCUT2D eigenvalue weighted by atomic mass is 10.0. The van der Waals surface area contributed by atoms with Gasteiger partial charge in [-0.2, -0.15) is 0 Å². The van der Waals surface area contributed by atoms with E-state index in [1.165, 1.54) is 5.56 Å². The average Bonchev–Trinajstić information content (AvgIpc) is 2.51. The van der Waals surface area contributed by atoms with Gasteiger partial charge in [-0.05, 0) is 31.9 Å². The molecule has 0 fully saturated rings. The van der Waals surface area contributed by atoms with Crippen LogP contribution in [0.2, 0.25) is 0 Å². The van der Waals surface area contributed by atoms with E-state index in [0.717, 1.165) is 39.1 Å². The van der Waals surface area contributed by atoms with Crippen LogP contribution in [0.4, 0.5) is 0 Å². The first-order valence-corrected chi connectivity index (χ1v) is 7.71. The van der Waals surface area contributed by atoms with Gasteiger partial charge in [-0.3, -0.25) is 4.90 Å². The van der Waals surface area contributed by atoms with Gasteiger partial charge < -0.3 is 15.2 Å². The molecule has 0 heterocycles. The number of rotatable bonds is 11. The molecule has 0 amide bonds. The largest absolute Gasteiger partial charge is 0.383 e. The molecule has 1 aromatic rings. The lowest BCUT2D eigenvalue weighted by Crippen LogP contribution is -2.39. The van der Waals surface area contributed by atoms with Gasteiger partial charge in [0.1, 0.15) is 0 Å². The van der Waals surface area contributed by atoms with Crippen molar-refractivity contribution >= 4 is 0 Å². The SMILES string of the molecule is COCCN(CCCC(N)c1ccccc1)C(C)COC. The number of hydrogen-bond donors (Lipinski definition) is 1. The average molecular weight is 294 g/mol. The Kier molecular flexibility index (Phi) is 9.26. The van der Waals surface area contributed by atoms with Gasteiger partial charge in [0, 0.05) is 32.8 Å². The molecular formula is C17H30N2O2. The predicted molar refractivity (Wildman–Crippen MR) is 87.4 cm³/mol. The fourth-order valence-corrected chi connectivity index (χ4v) is 2.49. The molecule has 0 aliphatic rings. The number of hydrogen-bond acceptors (Lipinski definition) is 4. The van der Waals surface area contributed by atoms with Gasteiger partial charge in [0.25, 0.3) is 0 Å². The van der Waals surface area contributed by atoms with Gasteiger partial charge in [-0.25, -0.2) is 0 Å². The van der Waals surface area contributed by atoms with Gasteiger partial charge in [0.05, 0.1) is 13.2 Å². The third-order valence-corrected chi connectivity index (χ3v) is 3.80. The summed E-state index contributed by atoms with van der Waals surface area (Å²) in [6.45, 7) is 5.64. The molecule has 0 bridgehead atoms. The molecule has 2 atom stereocenters. The van der Waals surface area contributed by atoms with Crippen LogP contribution in [-0.2, 0) is 9.47 Å². The molecule has 4 nitrogen and oxygen atoms in total. The van der Waals surface area contributed by atoms with Gasteiger partial charge in [-0.1, -0.05) is 30.3 Å². The summed E-state index contributed by atoms with van der Waals surface area (Å²) in [6, 6.07) is 10.8. The Morgan fingerprint density at radius 2 is 1.81 bits per heavy atom. The second-order valence-corrected chi connectivity index (χ2v) is 5.49. The zero-order chi connectivity index (χ0) is 15.5. The number of benzene rings is 1. The zero-order valence-electron chi connectivity index (χ0n) is 13.6. The van der Waals surface area contributed by atoms with Gasteiger partial charge >= 0.3 is 0 Å². The molecule has 0 radical (unpaired) electrons. The maximum atomic E-state index is 6.25. The van der Waals surface area contributed by atoms with Crippen molar-refractivity contribution in [2.24, 2.45) is 5.73 Å². The van der Waals surface area contributed by atoms with Crippen LogP contribution in [0.1, 0.15) is 31.4 Å². The van der Waals surface area contributed by atoms with Crippen molar-refractivity contribution in [2.45, 2.75) is 31.8 Å². The molecular weight excluding hydrogens is 264 g/mol. The minimum atomic E-state index is 0.119. The second-order valence-electron chi connectivity index (χ2n) is 5.49. The molecule has 120 valence electrons. The molecule has 2 N–H and O–H groups in total. The fraction of sp³-hybridized carbons (Fsp3) is 0.647. The van der Waals surface area contributed by atoms with Crippen molar-refractivity contribution in [3.05, 3.63) is 35.9 Å². The third-order valence-electron chi connectivity index (χ3n) is 3.80. The Bertz CT molecular complexity index is 359. The monoisotopic (exact) mass is 294 g/mol. The number of nitrogens with two attached hydrogens (primary N) is 1. The Balaban J connectivity index is 2.38. The fourth-order valence-electron chi connectivity index (χ4n) is 2.49. The van der Waals surface area contributed by atoms with E-state index in [4.69, 9.17) is 15.2 Å². The van der Waals surface area contributed by atoms with Crippen LogP contribution in [0.5, 0.6) is 0 Å². The minimum Gasteiger partial charge on any atom is -0.383 e. The Labute approximate surface area is 129 Å².